The maximum atomic E-state index is 11.0. The van der Waals surface area contributed by atoms with Crippen molar-refractivity contribution in [2.24, 2.45) is 23.7 Å². The number of rotatable bonds is 6. The van der Waals surface area contributed by atoms with E-state index >= 15 is 0 Å². The zero-order valence-electron chi connectivity index (χ0n) is 16.2. The molecule has 0 aliphatic heterocycles. The summed E-state index contributed by atoms with van der Waals surface area (Å²) in [7, 11) is 0. The summed E-state index contributed by atoms with van der Waals surface area (Å²) in [5.74, 6) is 0.260. The fourth-order valence-corrected chi connectivity index (χ4v) is 5.05. The lowest BCUT2D eigenvalue weighted by Gasteiger charge is -2.37. The summed E-state index contributed by atoms with van der Waals surface area (Å²) >= 11 is 0. The Morgan fingerprint density at radius 3 is 2.78 bits per heavy atom. The summed E-state index contributed by atoms with van der Waals surface area (Å²) in [6.45, 7) is 2.23. The smallest absolute Gasteiger partial charge is 0.303 e. The van der Waals surface area contributed by atoms with Gasteiger partial charge in [0.05, 0.1) is 12.7 Å². The SMILES string of the molecule is CC1=CC(C2=CCC(C3C=CC(O)CC3CCC(=O)O)C=C2CO)CCC1. The van der Waals surface area contributed by atoms with E-state index < -0.39 is 12.1 Å². The normalized spacial score (nSPS) is 33.9. The first-order valence-electron chi connectivity index (χ1n) is 10.3. The van der Waals surface area contributed by atoms with Gasteiger partial charge in [0, 0.05) is 12.3 Å². The van der Waals surface area contributed by atoms with E-state index in [9.17, 15) is 15.0 Å². The first-order chi connectivity index (χ1) is 13.0. The van der Waals surface area contributed by atoms with Crippen molar-refractivity contribution < 1.29 is 20.1 Å². The molecule has 4 nitrogen and oxygen atoms in total. The lowest BCUT2D eigenvalue weighted by molar-refractivity contribution is -0.137. The van der Waals surface area contributed by atoms with Gasteiger partial charge in [0.1, 0.15) is 0 Å². The minimum absolute atomic E-state index is 0.0462. The largest absolute Gasteiger partial charge is 0.481 e. The van der Waals surface area contributed by atoms with Crippen LogP contribution < -0.4 is 0 Å². The summed E-state index contributed by atoms with van der Waals surface area (Å²) in [5, 5.41) is 29.0. The number of hydrogen-bond donors (Lipinski definition) is 3. The third-order valence-corrected chi connectivity index (χ3v) is 6.41. The zero-order chi connectivity index (χ0) is 19.4. The molecular weight excluding hydrogens is 340 g/mol. The Hall–Kier alpha value is -1.65. The second-order valence-corrected chi connectivity index (χ2v) is 8.38. The van der Waals surface area contributed by atoms with Crippen LogP contribution in [0.2, 0.25) is 0 Å². The highest BCUT2D eigenvalue weighted by Gasteiger charge is 2.33. The minimum atomic E-state index is -0.783. The van der Waals surface area contributed by atoms with Gasteiger partial charge in [-0.15, -0.1) is 0 Å². The molecule has 27 heavy (non-hydrogen) atoms. The van der Waals surface area contributed by atoms with E-state index in [0.29, 0.717) is 18.8 Å². The third kappa shape index (κ3) is 4.99. The minimum Gasteiger partial charge on any atom is -0.481 e. The van der Waals surface area contributed by atoms with E-state index in [-0.39, 0.29) is 30.8 Å². The van der Waals surface area contributed by atoms with Crippen LogP contribution in [0.3, 0.4) is 0 Å². The van der Waals surface area contributed by atoms with Crippen LogP contribution in [0, 0.1) is 23.7 Å². The highest BCUT2D eigenvalue weighted by atomic mass is 16.4. The van der Waals surface area contributed by atoms with E-state index in [4.69, 9.17) is 5.11 Å². The summed E-state index contributed by atoms with van der Waals surface area (Å²) in [6, 6.07) is 0. The number of carbonyl (C=O) groups is 1. The van der Waals surface area contributed by atoms with Crippen molar-refractivity contribution >= 4 is 5.97 Å². The van der Waals surface area contributed by atoms with E-state index in [1.54, 1.807) is 0 Å². The molecule has 3 rings (SSSR count). The molecule has 5 atom stereocenters. The van der Waals surface area contributed by atoms with Crippen molar-refractivity contribution in [1.29, 1.82) is 0 Å². The first kappa shape index (κ1) is 20.1. The van der Waals surface area contributed by atoms with Gasteiger partial charge >= 0.3 is 5.97 Å². The predicted molar refractivity (Wildman–Crippen MR) is 106 cm³/mol. The Labute approximate surface area is 162 Å². The predicted octanol–water partition coefficient (Wildman–Crippen LogP) is 4.02. The Morgan fingerprint density at radius 2 is 2.07 bits per heavy atom. The van der Waals surface area contributed by atoms with Crippen molar-refractivity contribution in [3.05, 3.63) is 47.1 Å². The monoisotopic (exact) mass is 372 g/mol. The third-order valence-electron chi connectivity index (χ3n) is 6.41. The fourth-order valence-electron chi connectivity index (χ4n) is 5.05. The van der Waals surface area contributed by atoms with Gasteiger partial charge in [0.2, 0.25) is 0 Å². The van der Waals surface area contributed by atoms with E-state index in [1.165, 1.54) is 24.0 Å². The van der Waals surface area contributed by atoms with Crippen LogP contribution in [-0.4, -0.2) is 34.0 Å². The van der Waals surface area contributed by atoms with Crippen LogP contribution >= 0.6 is 0 Å². The summed E-state index contributed by atoms with van der Waals surface area (Å²) in [6.07, 6.45) is 16.1. The standard InChI is InChI=1S/C23H32O4/c1-15-3-2-4-16(11-15)22-8-5-17(12-19(22)14-24)21-9-7-20(25)13-18(21)6-10-23(26)27/h7-9,11-12,16-18,20-21,24-25H,2-6,10,13-14H2,1H3,(H,26,27). The number of hydrogen-bond acceptors (Lipinski definition) is 3. The van der Waals surface area contributed by atoms with Crippen molar-refractivity contribution in [2.45, 2.75) is 58.0 Å². The lowest BCUT2D eigenvalue weighted by atomic mass is 9.69. The zero-order valence-corrected chi connectivity index (χ0v) is 16.2. The highest BCUT2D eigenvalue weighted by Crippen LogP contribution is 2.42. The van der Waals surface area contributed by atoms with Crippen molar-refractivity contribution in [2.75, 3.05) is 6.61 Å². The summed E-state index contributed by atoms with van der Waals surface area (Å²) < 4.78 is 0. The van der Waals surface area contributed by atoms with Crippen molar-refractivity contribution in [3.8, 4) is 0 Å². The second-order valence-electron chi connectivity index (χ2n) is 8.38. The van der Waals surface area contributed by atoms with Crippen LogP contribution in [0.25, 0.3) is 0 Å². The van der Waals surface area contributed by atoms with Crippen LogP contribution in [0.15, 0.2) is 47.1 Å². The average Bonchev–Trinajstić information content (AvgIpc) is 2.66. The molecule has 0 saturated carbocycles. The first-order valence-corrected chi connectivity index (χ1v) is 10.3. The van der Waals surface area contributed by atoms with E-state index in [1.807, 2.05) is 6.08 Å². The Balaban J connectivity index is 1.77. The Bertz CT molecular complexity index is 670. The number of aliphatic carboxylic acids is 1. The molecule has 0 bridgehead atoms. The highest BCUT2D eigenvalue weighted by molar-refractivity contribution is 5.66. The molecule has 148 valence electrons. The van der Waals surface area contributed by atoms with Crippen LogP contribution in [0.5, 0.6) is 0 Å². The quantitative estimate of drug-likeness (QED) is 0.616. The van der Waals surface area contributed by atoms with E-state index in [0.717, 1.165) is 18.4 Å². The Morgan fingerprint density at radius 1 is 1.26 bits per heavy atom. The summed E-state index contributed by atoms with van der Waals surface area (Å²) in [4.78, 5) is 11.0. The maximum absolute atomic E-state index is 11.0. The molecule has 3 aliphatic carbocycles. The molecule has 0 aromatic carbocycles. The van der Waals surface area contributed by atoms with Crippen molar-refractivity contribution in [1.82, 2.24) is 0 Å². The molecule has 0 heterocycles. The van der Waals surface area contributed by atoms with Gasteiger partial charge < -0.3 is 15.3 Å². The molecule has 0 radical (unpaired) electrons. The molecule has 5 unspecified atom stereocenters. The number of aliphatic hydroxyl groups excluding tert-OH is 2. The molecule has 3 aliphatic rings. The number of aliphatic hydroxyl groups is 2. The van der Waals surface area contributed by atoms with Gasteiger partial charge in [-0.05, 0) is 74.3 Å². The molecule has 3 N–H and O–H groups in total. The average molecular weight is 373 g/mol. The molecule has 4 heteroatoms. The molecule has 0 spiro atoms. The number of allylic oxidation sites excluding steroid dienone is 5. The van der Waals surface area contributed by atoms with Crippen LogP contribution in [0.4, 0.5) is 0 Å². The van der Waals surface area contributed by atoms with Gasteiger partial charge in [-0.2, -0.15) is 0 Å². The van der Waals surface area contributed by atoms with Gasteiger partial charge in [-0.25, -0.2) is 0 Å². The van der Waals surface area contributed by atoms with Crippen LogP contribution in [0.1, 0.15) is 51.9 Å². The van der Waals surface area contributed by atoms with Gasteiger partial charge in [-0.3, -0.25) is 4.79 Å². The van der Waals surface area contributed by atoms with Crippen molar-refractivity contribution in [3.63, 3.8) is 0 Å². The molecule has 0 fully saturated rings. The molecule has 0 aromatic rings. The van der Waals surface area contributed by atoms with Gasteiger partial charge in [-0.1, -0.05) is 36.0 Å². The maximum Gasteiger partial charge on any atom is 0.303 e. The molecule has 0 amide bonds. The number of carboxylic acids is 1. The topological polar surface area (TPSA) is 77.8 Å². The lowest BCUT2D eigenvalue weighted by Crippen LogP contribution is -2.30. The molecule has 0 saturated heterocycles. The van der Waals surface area contributed by atoms with Crippen LogP contribution in [-0.2, 0) is 4.79 Å². The Kier molecular flexibility index (Phi) is 6.72. The fraction of sp³-hybridized carbons (Fsp3) is 0.609. The van der Waals surface area contributed by atoms with Gasteiger partial charge in [0.15, 0.2) is 0 Å². The van der Waals surface area contributed by atoms with E-state index in [2.05, 4.69) is 31.2 Å². The molecule has 0 aromatic heterocycles. The number of carboxylic acid groups (broad SMARTS) is 1. The second kappa shape index (κ2) is 9.03. The molecular formula is C23H32O4. The van der Waals surface area contributed by atoms with Gasteiger partial charge in [0.25, 0.3) is 0 Å². The summed E-state index contributed by atoms with van der Waals surface area (Å²) in [5.41, 5.74) is 3.73.